The third-order valence-electron chi connectivity index (χ3n) is 3.49. The minimum Gasteiger partial charge on any atom is -0.495 e. The molecule has 0 unspecified atom stereocenters. The Morgan fingerprint density at radius 1 is 1.04 bits per heavy atom. The number of rotatable bonds is 7. The normalized spacial score (nSPS) is 10.2. The molecule has 0 aliphatic carbocycles. The summed E-state index contributed by atoms with van der Waals surface area (Å²) in [5, 5.41) is 3.03. The first-order chi connectivity index (χ1) is 12.4. The Hall–Kier alpha value is -2.73. The van der Waals surface area contributed by atoms with Gasteiger partial charge in [-0.2, -0.15) is 0 Å². The first-order valence-corrected chi connectivity index (χ1v) is 8.26. The number of hydrogen-bond donors (Lipinski definition) is 1. The number of esters is 1. The summed E-state index contributed by atoms with van der Waals surface area (Å²) in [6, 6.07) is 10.5. The molecule has 0 fully saturated rings. The number of ether oxygens (including phenoxy) is 3. The Balaban J connectivity index is 1.82. The number of hydrogen-bond acceptors (Lipinski definition) is 5. The van der Waals surface area contributed by atoms with Crippen molar-refractivity contribution in [3.8, 4) is 11.5 Å². The van der Waals surface area contributed by atoms with Gasteiger partial charge in [0.25, 0.3) is 5.91 Å². The number of methoxy groups -OCH3 is 1. The molecule has 0 aliphatic rings. The topological polar surface area (TPSA) is 73.9 Å². The Kier molecular flexibility index (Phi) is 6.86. The standard InChI is InChI=1S/C19H20ClNO5/c1-12-4-5-13(2)17(8-12)25-11-19(23)26-10-18(22)21-15-9-14(20)6-7-16(15)24-3/h4-9H,10-11H2,1-3H3,(H,21,22). The average molecular weight is 378 g/mol. The van der Waals surface area contributed by atoms with Gasteiger partial charge in [-0.05, 0) is 49.2 Å². The van der Waals surface area contributed by atoms with Gasteiger partial charge in [0, 0.05) is 5.02 Å². The SMILES string of the molecule is COc1ccc(Cl)cc1NC(=O)COC(=O)COc1cc(C)ccc1C. The van der Waals surface area contributed by atoms with Gasteiger partial charge >= 0.3 is 5.97 Å². The predicted octanol–water partition coefficient (Wildman–Crippen LogP) is 3.53. The summed E-state index contributed by atoms with van der Waals surface area (Å²) in [4.78, 5) is 23.7. The van der Waals surface area contributed by atoms with Crippen molar-refractivity contribution in [2.24, 2.45) is 0 Å². The molecule has 0 aliphatic heterocycles. The van der Waals surface area contributed by atoms with Gasteiger partial charge in [0.05, 0.1) is 12.8 Å². The van der Waals surface area contributed by atoms with E-state index in [1.54, 1.807) is 18.2 Å². The lowest BCUT2D eigenvalue weighted by molar-refractivity contribution is -0.149. The molecule has 0 bridgehead atoms. The molecule has 2 rings (SSSR count). The van der Waals surface area contributed by atoms with E-state index < -0.39 is 18.5 Å². The molecule has 1 amide bonds. The van der Waals surface area contributed by atoms with Crippen LogP contribution >= 0.6 is 11.6 Å². The maximum atomic E-state index is 11.9. The zero-order chi connectivity index (χ0) is 19.1. The molecule has 0 atom stereocenters. The van der Waals surface area contributed by atoms with Crippen molar-refractivity contribution in [1.82, 2.24) is 0 Å². The lowest BCUT2D eigenvalue weighted by Crippen LogP contribution is -2.24. The molecule has 7 heteroatoms. The van der Waals surface area contributed by atoms with Crippen LogP contribution in [0.3, 0.4) is 0 Å². The fraction of sp³-hybridized carbons (Fsp3) is 0.263. The van der Waals surface area contributed by atoms with Gasteiger partial charge in [0.1, 0.15) is 11.5 Å². The van der Waals surface area contributed by atoms with Crippen LogP contribution in [0.25, 0.3) is 0 Å². The summed E-state index contributed by atoms with van der Waals surface area (Å²) in [5.74, 6) is -0.0906. The number of benzene rings is 2. The van der Waals surface area contributed by atoms with Crippen LogP contribution in [0.5, 0.6) is 11.5 Å². The summed E-state index contributed by atoms with van der Waals surface area (Å²) in [7, 11) is 1.48. The van der Waals surface area contributed by atoms with Gasteiger partial charge in [-0.3, -0.25) is 4.79 Å². The first kappa shape index (κ1) is 19.6. The monoisotopic (exact) mass is 377 g/mol. The molecule has 6 nitrogen and oxygen atoms in total. The summed E-state index contributed by atoms with van der Waals surface area (Å²) in [5.41, 5.74) is 2.33. The van der Waals surface area contributed by atoms with Crippen molar-refractivity contribution in [1.29, 1.82) is 0 Å². The number of halogens is 1. The fourth-order valence-corrected chi connectivity index (χ4v) is 2.32. The first-order valence-electron chi connectivity index (χ1n) is 7.88. The molecule has 2 aromatic carbocycles. The molecule has 0 saturated carbocycles. The Morgan fingerprint density at radius 2 is 1.81 bits per heavy atom. The minimum atomic E-state index is -0.640. The summed E-state index contributed by atoms with van der Waals surface area (Å²) >= 11 is 5.90. The zero-order valence-corrected chi connectivity index (χ0v) is 15.6. The third kappa shape index (κ3) is 5.67. The highest BCUT2D eigenvalue weighted by atomic mass is 35.5. The van der Waals surface area contributed by atoms with E-state index in [9.17, 15) is 9.59 Å². The van der Waals surface area contributed by atoms with Crippen molar-refractivity contribution in [2.75, 3.05) is 25.6 Å². The molecule has 0 spiro atoms. The van der Waals surface area contributed by atoms with E-state index in [1.165, 1.54) is 7.11 Å². The van der Waals surface area contributed by atoms with Crippen molar-refractivity contribution in [2.45, 2.75) is 13.8 Å². The lowest BCUT2D eigenvalue weighted by Gasteiger charge is -2.12. The fourth-order valence-electron chi connectivity index (χ4n) is 2.15. The lowest BCUT2D eigenvalue weighted by atomic mass is 10.1. The second-order valence-corrected chi connectivity index (χ2v) is 6.05. The summed E-state index contributed by atoms with van der Waals surface area (Å²) in [6.45, 7) is 3.09. The molecule has 0 aromatic heterocycles. The number of nitrogens with one attached hydrogen (secondary N) is 1. The van der Waals surface area contributed by atoms with Crippen LogP contribution in [-0.4, -0.2) is 32.2 Å². The maximum absolute atomic E-state index is 11.9. The molecular weight excluding hydrogens is 358 g/mol. The van der Waals surface area contributed by atoms with E-state index in [-0.39, 0.29) is 6.61 Å². The highest BCUT2D eigenvalue weighted by Gasteiger charge is 2.12. The minimum absolute atomic E-state index is 0.280. The summed E-state index contributed by atoms with van der Waals surface area (Å²) in [6.07, 6.45) is 0. The molecular formula is C19H20ClNO5. The average Bonchev–Trinajstić information content (AvgIpc) is 2.61. The maximum Gasteiger partial charge on any atom is 0.344 e. The van der Waals surface area contributed by atoms with Crippen LogP contribution < -0.4 is 14.8 Å². The van der Waals surface area contributed by atoms with E-state index in [4.69, 9.17) is 25.8 Å². The smallest absolute Gasteiger partial charge is 0.344 e. The molecule has 2 aromatic rings. The zero-order valence-electron chi connectivity index (χ0n) is 14.8. The molecule has 1 N–H and O–H groups in total. The van der Waals surface area contributed by atoms with E-state index in [2.05, 4.69) is 5.32 Å². The number of aryl methyl sites for hydroxylation is 2. The van der Waals surface area contributed by atoms with Crippen LogP contribution in [0.4, 0.5) is 5.69 Å². The Bertz CT molecular complexity index is 807. The van der Waals surface area contributed by atoms with Crippen molar-refractivity contribution in [3.63, 3.8) is 0 Å². The second-order valence-electron chi connectivity index (χ2n) is 5.61. The van der Waals surface area contributed by atoms with Crippen LogP contribution in [-0.2, 0) is 14.3 Å². The van der Waals surface area contributed by atoms with Crippen molar-refractivity contribution < 1.29 is 23.8 Å². The quantitative estimate of drug-likeness (QED) is 0.747. The van der Waals surface area contributed by atoms with E-state index in [0.29, 0.717) is 22.2 Å². The highest BCUT2D eigenvalue weighted by Crippen LogP contribution is 2.27. The number of anilines is 1. The van der Waals surface area contributed by atoms with E-state index >= 15 is 0 Å². The molecule has 0 radical (unpaired) electrons. The largest absolute Gasteiger partial charge is 0.495 e. The van der Waals surface area contributed by atoms with Gasteiger partial charge in [0.2, 0.25) is 0 Å². The number of amides is 1. The third-order valence-corrected chi connectivity index (χ3v) is 3.72. The molecule has 0 saturated heterocycles. The van der Waals surface area contributed by atoms with Crippen molar-refractivity contribution >= 4 is 29.2 Å². The second kappa shape index (κ2) is 9.10. The van der Waals surface area contributed by atoms with Gasteiger partial charge < -0.3 is 19.5 Å². The number of carbonyl (C=O) groups excluding carboxylic acids is 2. The highest BCUT2D eigenvalue weighted by molar-refractivity contribution is 6.31. The molecule has 138 valence electrons. The van der Waals surface area contributed by atoms with Crippen LogP contribution in [0.15, 0.2) is 36.4 Å². The van der Waals surface area contributed by atoms with Gasteiger partial charge in [0.15, 0.2) is 13.2 Å². The van der Waals surface area contributed by atoms with Gasteiger partial charge in [-0.15, -0.1) is 0 Å². The van der Waals surface area contributed by atoms with Crippen LogP contribution in [0.1, 0.15) is 11.1 Å². The Morgan fingerprint density at radius 3 is 2.54 bits per heavy atom. The van der Waals surface area contributed by atoms with E-state index in [0.717, 1.165) is 11.1 Å². The summed E-state index contributed by atoms with van der Waals surface area (Å²) < 4.78 is 15.5. The van der Waals surface area contributed by atoms with Gasteiger partial charge in [-0.1, -0.05) is 23.7 Å². The van der Waals surface area contributed by atoms with Crippen LogP contribution in [0.2, 0.25) is 5.02 Å². The van der Waals surface area contributed by atoms with Gasteiger partial charge in [-0.25, -0.2) is 4.79 Å². The van der Waals surface area contributed by atoms with Crippen LogP contribution in [0, 0.1) is 13.8 Å². The Labute approximate surface area is 157 Å². The van der Waals surface area contributed by atoms with Crippen molar-refractivity contribution in [3.05, 3.63) is 52.5 Å². The molecule has 26 heavy (non-hydrogen) atoms. The molecule has 0 heterocycles. The number of carbonyl (C=O) groups is 2. The van der Waals surface area contributed by atoms with E-state index in [1.807, 2.05) is 32.0 Å². The predicted molar refractivity (Wildman–Crippen MR) is 99.0 cm³/mol.